The summed E-state index contributed by atoms with van der Waals surface area (Å²) in [5, 5.41) is 11.8. The monoisotopic (exact) mass is 800 g/mol. The van der Waals surface area contributed by atoms with Crippen LogP contribution in [0.15, 0.2) is 83.2 Å². The molecule has 0 unspecified atom stereocenters. The smallest absolute Gasteiger partial charge is 0.416 e. The Kier molecular flexibility index (Phi) is 9.15. The van der Waals surface area contributed by atoms with Gasteiger partial charge in [-0.2, -0.15) is 13.2 Å². The minimum atomic E-state index is -4.79. The Morgan fingerprint density at radius 1 is 0.880 bits per heavy atom. The number of hydrogen-bond acceptors (Lipinski definition) is 7. The minimum absolute atomic E-state index is 0.0434. The van der Waals surface area contributed by atoms with Crippen molar-refractivity contribution >= 4 is 39.8 Å². The van der Waals surface area contributed by atoms with Gasteiger partial charge in [0.15, 0.2) is 23.1 Å². The summed E-state index contributed by atoms with van der Waals surface area (Å²) < 4.78 is 52.1. The van der Waals surface area contributed by atoms with E-state index in [4.69, 9.17) is 9.47 Å². The number of Topliss-reactive ketones (excluding diaryl/α,β-unsaturated/α-hetero) is 2. The molecule has 0 aromatic heterocycles. The summed E-state index contributed by atoms with van der Waals surface area (Å²) in [6, 6.07) is 15.4. The molecule has 12 heteroatoms. The van der Waals surface area contributed by atoms with E-state index in [0.29, 0.717) is 64.6 Å². The highest BCUT2D eigenvalue weighted by Gasteiger charge is 2.49. The van der Waals surface area contributed by atoms with E-state index in [-0.39, 0.29) is 33.9 Å². The molecule has 0 amide bonds. The van der Waals surface area contributed by atoms with Gasteiger partial charge in [-0.3, -0.25) is 19.7 Å². The Balaban J connectivity index is 1.52. The maximum absolute atomic E-state index is 14.3. The highest BCUT2D eigenvalue weighted by molar-refractivity contribution is 14.1. The Bertz CT molecular complexity index is 1930. The lowest BCUT2D eigenvalue weighted by Crippen LogP contribution is -2.44. The Hall–Kier alpha value is -4.20. The molecule has 6 rings (SSSR count). The molecule has 0 N–H and O–H groups in total. The van der Waals surface area contributed by atoms with Gasteiger partial charge in [0.05, 0.1) is 21.2 Å². The van der Waals surface area contributed by atoms with Crippen LogP contribution in [-0.2, 0) is 22.3 Å². The Morgan fingerprint density at radius 3 is 1.98 bits per heavy atom. The van der Waals surface area contributed by atoms with E-state index < -0.39 is 34.0 Å². The highest BCUT2D eigenvalue weighted by atomic mass is 127. The van der Waals surface area contributed by atoms with E-state index in [1.165, 1.54) is 7.11 Å². The highest BCUT2D eigenvalue weighted by Crippen LogP contribution is 2.56. The summed E-state index contributed by atoms with van der Waals surface area (Å²) in [7, 11) is 1.38. The molecule has 0 fully saturated rings. The number of hydrogen-bond donors (Lipinski definition) is 0. The lowest BCUT2D eigenvalue weighted by molar-refractivity contribution is -0.385. The van der Waals surface area contributed by atoms with Crippen molar-refractivity contribution in [2.24, 2.45) is 10.8 Å². The molecule has 3 aromatic rings. The maximum Gasteiger partial charge on any atom is 0.416 e. The Morgan fingerprint density at radius 2 is 1.46 bits per heavy atom. The van der Waals surface area contributed by atoms with Gasteiger partial charge >= 0.3 is 11.9 Å². The third-order valence-corrected chi connectivity index (χ3v) is 10.3. The van der Waals surface area contributed by atoms with Crippen molar-refractivity contribution in [1.29, 1.82) is 0 Å². The standard InChI is InChI=1S/C38H36F3IN2O6/c1-36(2)16-26-33(28(45)18-36)32(34-27(17-37(3,4)19-29(34)46)43(26)20-21-9-7-6-8-10-21)22-13-24(42)35(31(14-22)49-5)50-30-12-11-23(38(39,40)41)15-25(30)44(47)48/h6-15,32H,16-20H2,1-5H3. The molecule has 0 bridgehead atoms. The van der Waals surface area contributed by atoms with Crippen molar-refractivity contribution in [3.8, 4) is 17.2 Å². The van der Waals surface area contributed by atoms with Gasteiger partial charge in [-0.15, -0.1) is 0 Å². The number of nitrogens with zero attached hydrogens (tertiary/aromatic N) is 2. The molecule has 262 valence electrons. The number of halogens is 4. The first-order valence-corrected chi connectivity index (χ1v) is 17.2. The van der Waals surface area contributed by atoms with Gasteiger partial charge in [-0.1, -0.05) is 58.0 Å². The largest absolute Gasteiger partial charge is 0.493 e. The number of nitro groups is 1. The van der Waals surface area contributed by atoms with Gasteiger partial charge in [0.2, 0.25) is 5.75 Å². The van der Waals surface area contributed by atoms with Gasteiger partial charge in [0.25, 0.3) is 0 Å². The number of alkyl halides is 3. The molecule has 3 aromatic carbocycles. The fourth-order valence-electron chi connectivity index (χ4n) is 7.38. The van der Waals surface area contributed by atoms with Crippen LogP contribution < -0.4 is 9.47 Å². The number of carbonyl (C=O) groups is 2. The van der Waals surface area contributed by atoms with Crippen LogP contribution in [0.3, 0.4) is 0 Å². The second-order valence-corrected chi connectivity index (χ2v) is 15.8. The van der Waals surface area contributed by atoms with E-state index in [1.807, 2.05) is 52.9 Å². The number of nitro benzene ring substituents is 1. The molecule has 3 aliphatic rings. The van der Waals surface area contributed by atoms with E-state index >= 15 is 0 Å². The molecule has 0 saturated heterocycles. The maximum atomic E-state index is 14.3. The van der Waals surface area contributed by atoms with Crippen LogP contribution in [0.1, 0.15) is 76.0 Å². The number of allylic oxidation sites excluding steroid dienone is 4. The van der Waals surface area contributed by atoms with Crippen LogP contribution in [0, 0.1) is 24.5 Å². The van der Waals surface area contributed by atoms with Crippen LogP contribution in [0.4, 0.5) is 18.9 Å². The fraction of sp³-hybridized carbons (Fsp3) is 0.368. The zero-order valence-corrected chi connectivity index (χ0v) is 30.4. The van der Waals surface area contributed by atoms with Crippen molar-refractivity contribution in [1.82, 2.24) is 4.90 Å². The predicted molar refractivity (Wildman–Crippen MR) is 189 cm³/mol. The van der Waals surface area contributed by atoms with E-state index in [9.17, 15) is 32.9 Å². The van der Waals surface area contributed by atoms with Crippen LogP contribution in [0.25, 0.3) is 0 Å². The number of ketones is 2. The first-order chi connectivity index (χ1) is 23.4. The molecular weight excluding hydrogens is 764 g/mol. The number of methoxy groups -OCH3 is 1. The quantitative estimate of drug-likeness (QED) is 0.133. The number of benzene rings is 3. The van der Waals surface area contributed by atoms with Crippen LogP contribution in [0.2, 0.25) is 0 Å². The predicted octanol–water partition coefficient (Wildman–Crippen LogP) is 9.90. The number of ether oxygens (including phenoxy) is 2. The molecule has 1 heterocycles. The summed E-state index contributed by atoms with van der Waals surface area (Å²) in [6.45, 7) is 8.79. The summed E-state index contributed by atoms with van der Waals surface area (Å²) in [4.78, 5) is 41.6. The second kappa shape index (κ2) is 12.8. The number of carbonyl (C=O) groups excluding carboxylic acids is 2. The summed E-state index contributed by atoms with van der Waals surface area (Å²) in [5.74, 6) is -0.987. The average Bonchev–Trinajstić information content (AvgIpc) is 3.01. The van der Waals surface area contributed by atoms with Gasteiger partial charge in [0, 0.05) is 53.9 Å². The topological polar surface area (TPSA) is 99.0 Å². The van der Waals surface area contributed by atoms with Crippen molar-refractivity contribution in [2.45, 2.75) is 72.0 Å². The summed E-state index contributed by atoms with van der Waals surface area (Å²) >= 11 is 1.98. The minimum Gasteiger partial charge on any atom is -0.493 e. The third-order valence-electron chi connectivity index (χ3n) is 9.49. The third kappa shape index (κ3) is 6.78. The molecule has 50 heavy (non-hydrogen) atoms. The average molecular weight is 801 g/mol. The second-order valence-electron chi connectivity index (χ2n) is 14.7. The number of rotatable bonds is 7. The molecule has 1 aliphatic heterocycles. The first-order valence-electron chi connectivity index (χ1n) is 16.1. The van der Waals surface area contributed by atoms with Crippen LogP contribution in [-0.4, -0.2) is 28.5 Å². The van der Waals surface area contributed by atoms with Crippen LogP contribution in [0.5, 0.6) is 17.2 Å². The van der Waals surface area contributed by atoms with Crippen molar-refractivity contribution in [3.05, 3.63) is 114 Å². The normalized spacial score (nSPS) is 18.9. The van der Waals surface area contributed by atoms with Gasteiger partial charge in [0.1, 0.15) is 0 Å². The summed E-state index contributed by atoms with van der Waals surface area (Å²) in [6.07, 6.45) is -2.94. The molecule has 0 atom stereocenters. The van der Waals surface area contributed by atoms with Crippen molar-refractivity contribution < 1.29 is 37.2 Å². The van der Waals surface area contributed by atoms with E-state index in [2.05, 4.69) is 32.6 Å². The molecule has 0 saturated carbocycles. The molecule has 0 radical (unpaired) electrons. The molecule has 2 aliphatic carbocycles. The molecule has 0 spiro atoms. The van der Waals surface area contributed by atoms with Crippen molar-refractivity contribution in [2.75, 3.05) is 7.11 Å². The molecule has 8 nitrogen and oxygen atoms in total. The van der Waals surface area contributed by atoms with Crippen molar-refractivity contribution in [3.63, 3.8) is 0 Å². The summed E-state index contributed by atoms with van der Waals surface area (Å²) in [5.41, 5.74) is 1.90. The Labute approximate surface area is 301 Å². The lowest BCUT2D eigenvalue weighted by atomic mass is 9.63. The SMILES string of the molecule is COc1cc(C2C3=C(CC(C)(C)CC3=O)N(Cc3ccccc3)C3=C2C(=O)CC(C)(C)C3)cc(I)c1Oc1ccc(C(F)(F)F)cc1[N+](=O)[O-]. The van der Waals surface area contributed by atoms with Crippen LogP contribution >= 0.6 is 22.6 Å². The lowest BCUT2D eigenvalue weighted by Gasteiger charge is -2.49. The first kappa shape index (κ1) is 35.6. The van der Waals surface area contributed by atoms with Gasteiger partial charge in [-0.25, -0.2) is 0 Å². The fourth-order valence-corrected chi connectivity index (χ4v) is 8.11. The van der Waals surface area contributed by atoms with Gasteiger partial charge < -0.3 is 14.4 Å². The molecular formula is C38H36F3IN2O6. The van der Waals surface area contributed by atoms with Gasteiger partial charge in [-0.05, 0) is 81.7 Å². The van der Waals surface area contributed by atoms with E-state index in [0.717, 1.165) is 23.0 Å². The zero-order valence-electron chi connectivity index (χ0n) is 28.2. The van der Waals surface area contributed by atoms with E-state index in [1.54, 1.807) is 12.1 Å². The zero-order chi connectivity index (χ0) is 36.3.